The molecule has 0 aliphatic heterocycles. The molecule has 7 heteroatoms. The predicted octanol–water partition coefficient (Wildman–Crippen LogP) is 5.03. The van der Waals surface area contributed by atoms with Crippen LogP contribution in [0.25, 0.3) is 10.9 Å². The molecule has 1 N–H and O–H groups in total. The second kappa shape index (κ2) is 6.44. The molecule has 0 atom stereocenters. The van der Waals surface area contributed by atoms with Crippen molar-refractivity contribution in [1.29, 1.82) is 0 Å². The maximum atomic E-state index is 13.1. The molecular formula is C18H14ClF3N2O. The summed E-state index contributed by atoms with van der Waals surface area (Å²) in [5.41, 5.74) is 0.430. The number of nitrogens with one attached hydrogen (secondary N) is 1. The van der Waals surface area contributed by atoms with E-state index in [0.29, 0.717) is 0 Å². The van der Waals surface area contributed by atoms with Gasteiger partial charge in [0.15, 0.2) is 0 Å². The molecule has 1 heterocycles. The molecule has 0 radical (unpaired) electrons. The fraction of sp³-hybridized carbons (Fsp3) is 0.167. The Morgan fingerprint density at radius 2 is 1.92 bits per heavy atom. The number of fused-ring (bicyclic) bond motifs is 1. The quantitative estimate of drug-likeness (QED) is 0.693. The van der Waals surface area contributed by atoms with E-state index in [1.54, 1.807) is 6.20 Å². The average molecular weight is 367 g/mol. The van der Waals surface area contributed by atoms with Gasteiger partial charge in [-0.1, -0.05) is 29.8 Å². The highest BCUT2D eigenvalue weighted by Gasteiger charge is 2.34. The number of aromatic nitrogens is 1. The molecule has 3 nitrogen and oxygen atoms in total. The van der Waals surface area contributed by atoms with Gasteiger partial charge in [-0.3, -0.25) is 4.79 Å². The van der Waals surface area contributed by atoms with Crippen LogP contribution in [0.4, 0.5) is 18.9 Å². The molecule has 1 aromatic heterocycles. The average Bonchev–Trinajstić information content (AvgIpc) is 2.85. The molecule has 3 aromatic rings. The zero-order valence-corrected chi connectivity index (χ0v) is 13.9. The van der Waals surface area contributed by atoms with Gasteiger partial charge in [-0.15, -0.1) is 0 Å². The van der Waals surface area contributed by atoms with Crippen molar-refractivity contribution in [3.63, 3.8) is 0 Å². The smallest absolute Gasteiger partial charge is 0.350 e. The molecule has 3 rings (SSSR count). The summed E-state index contributed by atoms with van der Waals surface area (Å²) in [5, 5.41) is 3.19. The molecule has 0 spiro atoms. The Balaban J connectivity index is 1.86. The van der Waals surface area contributed by atoms with E-state index < -0.39 is 17.6 Å². The number of carbonyl (C=O) groups is 1. The molecule has 0 saturated heterocycles. The molecular weight excluding hydrogens is 353 g/mol. The van der Waals surface area contributed by atoms with Gasteiger partial charge < -0.3 is 9.88 Å². The largest absolute Gasteiger partial charge is 0.418 e. The zero-order valence-electron chi connectivity index (χ0n) is 13.2. The van der Waals surface area contributed by atoms with E-state index in [2.05, 4.69) is 5.32 Å². The minimum Gasteiger partial charge on any atom is -0.350 e. The van der Waals surface area contributed by atoms with Crippen molar-refractivity contribution in [3.05, 3.63) is 64.8 Å². The van der Waals surface area contributed by atoms with Gasteiger partial charge in [0.1, 0.15) is 0 Å². The van der Waals surface area contributed by atoms with E-state index in [4.69, 9.17) is 11.6 Å². The lowest BCUT2D eigenvalue weighted by Gasteiger charge is -2.14. The Labute approximate surface area is 147 Å². The zero-order chi connectivity index (χ0) is 18.2. The van der Waals surface area contributed by atoms with Crippen molar-refractivity contribution < 1.29 is 18.0 Å². The van der Waals surface area contributed by atoms with Gasteiger partial charge in [0.05, 0.1) is 17.7 Å². The standard InChI is InChI=1S/C18H14ClF3N2O/c1-24-10-11(13-4-2-3-5-16(13)24)8-17(25)23-15-7-6-12(19)9-14(15)18(20,21)22/h2-7,9-10H,8H2,1H3,(H,23,25). The molecule has 130 valence electrons. The summed E-state index contributed by atoms with van der Waals surface area (Å²) in [6.45, 7) is 0. The number of aryl methyl sites for hydroxylation is 1. The Bertz CT molecular complexity index is 947. The van der Waals surface area contributed by atoms with Crippen LogP contribution in [0.2, 0.25) is 5.02 Å². The summed E-state index contributed by atoms with van der Waals surface area (Å²) in [4.78, 5) is 12.3. The number of hydrogen-bond acceptors (Lipinski definition) is 1. The summed E-state index contributed by atoms with van der Waals surface area (Å²) in [6.07, 6.45) is -2.83. The number of para-hydroxylation sites is 1. The molecule has 0 bridgehead atoms. The van der Waals surface area contributed by atoms with Gasteiger partial charge >= 0.3 is 6.18 Å². The van der Waals surface area contributed by atoms with Gasteiger partial charge in [0.25, 0.3) is 0 Å². The summed E-state index contributed by atoms with van der Waals surface area (Å²) >= 11 is 5.64. The van der Waals surface area contributed by atoms with E-state index in [9.17, 15) is 18.0 Å². The predicted molar refractivity (Wildman–Crippen MR) is 91.7 cm³/mol. The number of rotatable bonds is 3. The lowest BCUT2D eigenvalue weighted by atomic mass is 10.1. The monoisotopic (exact) mass is 366 g/mol. The van der Waals surface area contributed by atoms with Crippen LogP contribution < -0.4 is 5.32 Å². The van der Waals surface area contributed by atoms with Crippen molar-refractivity contribution in [2.75, 3.05) is 5.32 Å². The number of hydrogen-bond donors (Lipinski definition) is 1. The molecule has 2 aromatic carbocycles. The topological polar surface area (TPSA) is 34.0 Å². The van der Waals surface area contributed by atoms with E-state index in [1.807, 2.05) is 35.9 Å². The van der Waals surface area contributed by atoms with Crippen molar-refractivity contribution in [2.45, 2.75) is 12.6 Å². The van der Waals surface area contributed by atoms with Crippen LogP contribution in [0.15, 0.2) is 48.7 Å². The number of amides is 1. The fourth-order valence-electron chi connectivity index (χ4n) is 2.79. The van der Waals surface area contributed by atoms with Crippen LogP contribution in [0.1, 0.15) is 11.1 Å². The first-order valence-electron chi connectivity index (χ1n) is 7.45. The van der Waals surface area contributed by atoms with E-state index in [1.165, 1.54) is 6.07 Å². The van der Waals surface area contributed by atoms with Gasteiger partial charge in [-0.05, 0) is 29.8 Å². The summed E-state index contributed by atoms with van der Waals surface area (Å²) in [7, 11) is 1.85. The normalized spacial score (nSPS) is 11.7. The highest BCUT2D eigenvalue weighted by Crippen LogP contribution is 2.36. The first kappa shape index (κ1) is 17.4. The third-order valence-corrected chi connectivity index (χ3v) is 4.13. The third-order valence-electron chi connectivity index (χ3n) is 3.89. The first-order valence-corrected chi connectivity index (χ1v) is 7.83. The fourth-order valence-corrected chi connectivity index (χ4v) is 2.97. The van der Waals surface area contributed by atoms with Gasteiger partial charge in [-0.2, -0.15) is 13.2 Å². The molecule has 0 saturated carbocycles. The Morgan fingerprint density at radius 1 is 1.20 bits per heavy atom. The second-order valence-electron chi connectivity index (χ2n) is 5.70. The molecule has 0 unspecified atom stereocenters. The van der Waals surface area contributed by atoms with Gasteiger partial charge in [0, 0.05) is 29.2 Å². The first-order chi connectivity index (χ1) is 11.8. The lowest BCUT2D eigenvalue weighted by molar-refractivity contribution is -0.137. The lowest BCUT2D eigenvalue weighted by Crippen LogP contribution is -2.18. The molecule has 25 heavy (non-hydrogen) atoms. The van der Waals surface area contributed by atoms with Crippen LogP contribution in [0, 0.1) is 0 Å². The maximum absolute atomic E-state index is 13.1. The molecule has 0 aliphatic rings. The summed E-state index contributed by atoms with van der Waals surface area (Å²) in [5.74, 6) is -0.524. The van der Waals surface area contributed by atoms with Crippen molar-refractivity contribution in [1.82, 2.24) is 4.57 Å². The summed E-state index contributed by atoms with van der Waals surface area (Å²) in [6, 6.07) is 10.8. The highest BCUT2D eigenvalue weighted by atomic mass is 35.5. The van der Waals surface area contributed by atoms with E-state index >= 15 is 0 Å². The molecule has 0 aliphatic carbocycles. The summed E-state index contributed by atoms with van der Waals surface area (Å²) < 4.78 is 41.2. The Morgan fingerprint density at radius 3 is 2.64 bits per heavy atom. The van der Waals surface area contributed by atoms with Crippen LogP contribution >= 0.6 is 11.6 Å². The Hall–Kier alpha value is -2.47. The van der Waals surface area contributed by atoms with Crippen LogP contribution in [-0.2, 0) is 24.4 Å². The minimum atomic E-state index is -4.60. The van der Waals surface area contributed by atoms with Crippen molar-refractivity contribution in [3.8, 4) is 0 Å². The maximum Gasteiger partial charge on any atom is 0.418 e. The minimum absolute atomic E-state index is 0.0265. The highest BCUT2D eigenvalue weighted by molar-refractivity contribution is 6.30. The number of alkyl halides is 3. The Kier molecular flexibility index (Phi) is 4.47. The van der Waals surface area contributed by atoms with Crippen LogP contribution in [0.3, 0.4) is 0 Å². The number of benzene rings is 2. The van der Waals surface area contributed by atoms with Gasteiger partial charge in [0.2, 0.25) is 5.91 Å². The van der Waals surface area contributed by atoms with E-state index in [0.717, 1.165) is 28.6 Å². The second-order valence-corrected chi connectivity index (χ2v) is 6.13. The number of halogens is 4. The number of anilines is 1. The third kappa shape index (κ3) is 3.64. The van der Waals surface area contributed by atoms with E-state index in [-0.39, 0.29) is 17.1 Å². The van der Waals surface area contributed by atoms with Crippen LogP contribution in [0.5, 0.6) is 0 Å². The number of carbonyl (C=O) groups excluding carboxylic acids is 1. The number of nitrogens with zero attached hydrogens (tertiary/aromatic N) is 1. The molecule has 0 fully saturated rings. The van der Waals surface area contributed by atoms with Gasteiger partial charge in [-0.25, -0.2) is 0 Å². The molecule has 1 amide bonds. The van der Waals surface area contributed by atoms with Crippen molar-refractivity contribution in [2.24, 2.45) is 7.05 Å². The van der Waals surface area contributed by atoms with Crippen LogP contribution in [-0.4, -0.2) is 10.5 Å². The van der Waals surface area contributed by atoms with Crippen molar-refractivity contribution >= 4 is 34.1 Å². The SMILES string of the molecule is Cn1cc(CC(=O)Nc2ccc(Cl)cc2C(F)(F)F)c2ccccc21.